The van der Waals surface area contributed by atoms with Crippen LogP contribution in [0.1, 0.15) is 39.5 Å². The van der Waals surface area contributed by atoms with Gasteiger partial charge in [0.15, 0.2) is 0 Å². The standard InChI is InChI=1S/C12H22N4O2/c1-3-5-6-7-8-14-9-10(13)16(4-2)12(18)15-11(9)17/h14H,3-8,13H2,1-2H3,(H,15,17,18). The number of unbranched alkanes of at least 4 members (excludes halogenated alkanes) is 3. The lowest BCUT2D eigenvalue weighted by Crippen LogP contribution is -2.33. The lowest BCUT2D eigenvalue weighted by Gasteiger charge is -2.12. The van der Waals surface area contributed by atoms with Crippen molar-refractivity contribution in [3.8, 4) is 0 Å². The molecule has 0 unspecified atom stereocenters. The van der Waals surface area contributed by atoms with Crippen molar-refractivity contribution in [1.82, 2.24) is 9.55 Å². The minimum atomic E-state index is -0.462. The van der Waals surface area contributed by atoms with E-state index in [2.05, 4.69) is 17.2 Å². The van der Waals surface area contributed by atoms with Crippen molar-refractivity contribution in [2.45, 2.75) is 46.1 Å². The van der Waals surface area contributed by atoms with Crippen LogP contribution in [0.5, 0.6) is 0 Å². The average molecular weight is 254 g/mol. The number of aromatic nitrogens is 2. The predicted molar refractivity (Wildman–Crippen MR) is 74.0 cm³/mol. The van der Waals surface area contributed by atoms with E-state index >= 15 is 0 Å². The largest absolute Gasteiger partial charge is 0.383 e. The van der Waals surface area contributed by atoms with Crippen molar-refractivity contribution in [3.05, 3.63) is 20.8 Å². The number of H-pyrrole nitrogens is 1. The minimum Gasteiger partial charge on any atom is -0.383 e. The summed E-state index contributed by atoms with van der Waals surface area (Å²) < 4.78 is 1.34. The summed E-state index contributed by atoms with van der Waals surface area (Å²) in [6.45, 7) is 5.08. The molecular weight excluding hydrogens is 232 g/mol. The first-order chi connectivity index (χ1) is 8.61. The summed E-state index contributed by atoms with van der Waals surface area (Å²) in [6.07, 6.45) is 4.46. The Balaban J connectivity index is 2.77. The molecule has 0 fully saturated rings. The van der Waals surface area contributed by atoms with Gasteiger partial charge in [-0.15, -0.1) is 0 Å². The number of rotatable bonds is 7. The van der Waals surface area contributed by atoms with Gasteiger partial charge in [0, 0.05) is 13.1 Å². The molecule has 1 aromatic heterocycles. The van der Waals surface area contributed by atoms with Gasteiger partial charge in [-0.3, -0.25) is 14.3 Å². The molecule has 0 atom stereocenters. The maximum Gasteiger partial charge on any atom is 0.330 e. The second kappa shape index (κ2) is 6.88. The molecule has 0 saturated heterocycles. The third-order valence-corrected chi connectivity index (χ3v) is 2.89. The summed E-state index contributed by atoms with van der Waals surface area (Å²) in [5, 5.41) is 3.01. The summed E-state index contributed by atoms with van der Waals surface area (Å²) in [5.74, 6) is 0.210. The summed E-state index contributed by atoms with van der Waals surface area (Å²) in [5.41, 5.74) is 5.21. The first kappa shape index (κ1) is 14.3. The van der Waals surface area contributed by atoms with Gasteiger partial charge in [0.25, 0.3) is 5.56 Å². The van der Waals surface area contributed by atoms with Gasteiger partial charge in [-0.05, 0) is 13.3 Å². The molecule has 0 radical (unpaired) electrons. The zero-order chi connectivity index (χ0) is 13.5. The molecule has 0 aliphatic rings. The van der Waals surface area contributed by atoms with Gasteiger partial charge in [-0.25, -0.2) is 4.79 Å². The second-order valence-electron chi connectivity index (χ2n) is 4.25. The Hall–Kier alpha value is -1.72. The molecule has 0 aliphatic carbocycles. The molecule has 0 bridgehead atoms. The maximum absolute atomic E-state index is 11.6. The summed E-state index contributed by atoms with van der Waals surface area (Å²) in [7, 11) is 0. The van der Waals surface area contributed by atoms with E-state index in [4.69, 9.17) is 5.73 Å². The number of hydrogen-bond acceptors (Lipinski definition) is 4. The molecule has 6 heteroatoms. The Kier molecular flexibility index (Phi) is 5.48. The van der Waals surface area contributed by atoms with E-state index in [-0.39, 0.29) is 5.82 Å². The first-order valence-corrected chi connectivity index (χ1v) is 6.48. The van der Waals surface area contributed by atoms with E-state index in [1.165, 1.54) is 17.4 Å². The zero-order valence-electron chi connectivity index (χ0n) is 11.1. The highest BCUT2D eigenvalue weighted by Gasteiger charge is 2.10. The van der Waals surface area contributed by atoms with Gasteiger partial charge in [-0.2, -0.15) is 0 Å². The summed E-state index contributed by atoms with van der Waals surface area (Å²) in [6, 6.07) is 0. The highest BCUT2D eigenvalue weighted by Crippen LogP contribution is 2.10. The third-order valence-electron chi connectivity index (χ3n) is 2.89. The highest BCUT2D eigenvalue weighted by atomic mass is 16.2. The first-order valence-electron chi connectivity index (χ1n) is 6.48. The van der Waals surface area contributed by atoms with E-state index in [0.717, 1.165) is 12.8 Å². The molecule has 18 heavy (non-hydrogen) atoms. The molecule has 1 rings (SSSR count). The molecule has 0 saturated carbocycles. The van der Waals surface area contributed by atoms with Gasteiger partial charge >= 0.3 is 5.69 Å². The number of aromatic amines is 1. The third kappa shape index (κ3) is 3.38. The number of nitrogens with zero attached hydrogens (tertiary/aromatic N) is 1. The number of nitrogens with one attached hydrogen (secondary N) is 2. The second-order valence-corrected chi connectivity index (χ2v) is 4.25. The molecule has 0 aliphatic heterocycles. The molecule has 0 amide bonds. The SMILES string of the molecule is CCCCCCNc1c(N)n(CC)c(=O)[nH]c1=O. The van der Waals surface area contributed by atoms with Crippen LogP contribution in [0.4, 0.5) is 11.5 Å². The van der Waals surface area contributed by atoms with E-state index in [9.17, 15) is 9.59 Å². The lowest BCUT2D eigenvalue weighted by atomic mass is 10.2. The fourth-order valence-corrected chi connectivity index (χ4v) is 1.84. The lowest BCUT2D eigenvalue weighted by molar-refractivity contribution is 0.680. The Bertz CT molecular complexity index is 490. The number of hydrogen-bond donors (Lipinski definition) is 3. The zero-order valence-corrected chi connectivity index (χ0v) is 11.1. The maximum atomic E-state index is 11.6. The number of nitrogens with two attached hydrogens (primary N) is 1. The van der Waals surface area contributed by atoms with Crippen molar-refractivity contribution in [2.24, 2.45) is 0 Å². The smallest absolute Gasteiger partial charge is 0.330 e. The van der Waals surface area contributed by atoms with Crippen molar-refractivity contribution >= 4 is 11.5 Å². The summed E-state index contributed by atoms with van der Waals surface area (Å²) in [4.78, 5) is 25.4. The Morgan fingerprint density at radius 3 is 2.56 bits per heavy atom. The van der Waals surface area contributed by atoms with Crippen molar-refractivity contribution in [2.75, 3.05) is 17.6 Å². The van der Waals surface area contributed by atoms with Gasteiger partial charge in [0.2, 0.25) is 0 Å². The van der Waals surface area contributed by atoms with E-state index in [0.29, 0.717) is 18.8 Å². The normalized spacial score (nSPS) is 10.6. The number of nitrogen functional groups attached to an aromatic ring is 1. The molecule has 6 nitrogen and oxygen atoms in total. The Morgan fingerprint density at radius 1 is 1.22 bits per heavy atom. The van der Waals surface area contributed by atoms with Gasteiger partial charge in [-0.1, -0.05) is 26.2 Å². The summed E-state index contributed by atoms with van der Waals surface area (Å²) >= 11 is 0. The van der Waals surface area contributed by atoms with Crippen LogP contribution in [0.3, 0.4) is 0 Å². The monoisotopic (exact) mass is 254 g/mol. The van der Waals surface area contributed by atoms with Crippen molar-refractivity contribution in [3.63, 3.8) is 0 Å². The van der Waals surface area contributed by atoms with E-state index < -0.39 is 11.2 Å². The highest BCUT2D eigenvalue weighted by molar-refractivity contribution is 5.60. The van der Waals surface area contributed by atoms with Crippen LogP contribution in [0.15, 0.2) is 9.59 Å². The van der Waals surface area contributed by atoms with Crippen LogP contribution in [0.2, 0.25) is 0 Å². The van der Waals surface area contributed by atoms with Crippen LogP contribution < -0.4 is 22.3 Å². The molecular formula is C12H22N4O2. The fourth-order valence-electron chi connectivity index (χ4n) is 1.84. The fraction of sp³-hybridized carbons (Fsp3) is 0.667. The molecule has 102 valence electrons. The van der Waals surface area contributed by atoms with Crippen LogP contribution in [0, 0.1) is 0 Å². The molecule has 4 N–H and O–H groups in total. The predicted octanol–water partition coefficient (Wildman–Crippen LogP) is 1.13. The molecule has 1 heterocycles. The van der Waals surface area contributed by atoms with Crippen LogP contribution in [-0.2, 0) is 6.54 Å². The van der Waals surface area contributed by atoms with Crippen LogP contribution in [-0.4, -0.2) is 16.1 Å². The molecule has 1 aromatic rings. The van der Waals surface area contributed by atoms with Gasteiger partial charge in [0.1, 0.15) is 11.5 Å². The Labute approximate surface area is 106 Å². The van der Waals surface area contributed by atoms with E-state index in [1.807, 2.05) is 0 Å². The quantitative estimate of drug-likeness (QED) is 0.636. The number of anilines is 2. The topological polar surface area (TPSA) is 92.9 Å². The minimum absolute atomic E-state index is 0.210. The van der Waals surface area contributed by atoms with E-state index in [1.54, 1.807) is 6.92 Å². The van der Waals surface area contributed by atoms with Crippen LogP contribution in [0.25, 0.3) is 0 Å². The molecule has 0 aromatic carbocycles. The molecule has 0 spiro atoms. The Morgan fingerprint density at radius 2 is 1.94 bits per heavy atom. The van der Waals surface area contributed by atoms with Crippen molar-refractivity contribution < 1.29 is 0 Å². The van der Waals surface area contributed by atoms with Gasteiger partial charge < -0.3 is 11.1 Å². The average Bonchev–Trinajstić information content (AvgIpc) is 2.32. The van der Waals surface area contributed by atoms with Crippen LogP contribution >= 0.6 is 0 Å². The van der Waals surface area contributed by atoms with Gasteiger partial charge in [0.05, 0.1) is 0 Å². The van der Waals surface area contributed by atoms with Crippen molar-refractivity contribution in [1.29, 1.82) is 0 Å².